The topological polar surface area (TPSA) is 46.6 Å². The van der Waals surface area contributed by atoms with Crippen LogP contribution in [0, 0.1) is 0 Å². The predicted octanol–water partition coefficient (Wildman–Crippen LogP) is 3.16. The summed E-state index contributed by atoms with van der Waals surface area (Å²) in [6, 6.07) is 10.5. The summed E-state index contributed by atoms with van der Waals surface area (Å²) < 4.78 is 11.2. The lowest BCUT2D eigenvalue weighted by Crippen LogP contribution is -2.20. The summed E-state index contributed by atoms with van der Waals surface area (Å²) in [6.45, 7) is 7.23. The van der Waals surface area contributed by atoms with Crippen LogP contribution in [0.15, 0.2) is 36.5 Å². The number of ether oxygens (including phenoxy) is 2. The molecular formula is C19H25N3O2. The number of nitrogens with zero attached hydrogens (tertiary/aromatic N) is 2. The minimum Gasteiger partial charge on any atom is -0.486 e. The van der Waals surface area contributed by atoms with Gasteiger partial charge in [0.2, 0.25) is 0 Å². The molecule has 0 spiro atoms. The summed E-state index contributed by atoms with van der Waals surface area (Å²) in [5.41, 5.74) is 2.36. The number of benzene rings is 1. The molecule has 128 valence electrons. The summed E-state index contributed by atoms with van der Waals surface area (Å²) >= 11 is 0. The lowest BCUT2D eigenvalue weighted by Gasteiger charge is -2.21. The molecule has 1 aliphatic heterocycles. The Balaban J connectivity index is 1.60. The largest absolute Gasteiger partial charge is 0.486 e. The van der Waals surface area contributed by atoms with Crippen LogP contribution < -0.4 is 19.7 Å². The molecule has 0 amide bonds. The molecule has 2 heterocycles. The summed E-state index contributed by atoms with van der Waals surface area (Å²) in [5.74, 6) is 2.67. The molecule has 24 heavy (non-hydrogen) atoms. The Bertz CT molecular complexity index is 673. The molecule has 0 saturated heterocycles. The number of rotatable bonds is 6. The zero-order valence-corrected chi connectivity index (χ0v) is 14.6. The van der Waals surface area contributed by atoms with Crippen LogP contribution in [-0.2, 0) is 6.54 Å². The molecule has 0 aliphatic carbocycles. The van der Waals surface area contributed by atoms with Gasteiger partial charge in [0.25, 0.3) is 0 Å². The highest BCUT2D eigenvalue weighted by Gasteiger charge is 2.14. The Morgan fingerprint density at radius 2 is 1.96 bits per heavy atom. The third-order valence-electron chi connectivity index (χ3n) is 4.35. The first-order chi connectivity index (χ1) is 11.7. The number of fused-ring (bicyclic) bond motifs is 1. The monoisotopic (exact) mass is 327 g/mol. The van der Waals surface area contributed by atoms with E-state index in [-0.39, 0.29) is 6.04 Å². The molecule has 1 aliphatic rings. The number of aromatic nitrogens is 1. The molecule has 1 N–H and O–H groups in total. The fourth-order valence-corrected chi connectivity index (χ4v) is 2.63. The normalized spacial score (nSPS) is 14.3. The molecule has 0 unspecified atom stereocenters. The molecule has 2 aromatic rings. The van der Waals surface area contributed by atoms with Crippen LogP contribution in [0.4, 0.5) is 5.82 Å². The molecule has 0 bridgehead atoms. The maximum absolute atomic E-state index is 5.66. The van der Waals surface area contributed by atoms with Gasteiger partial charge in [-0.1, -0.05) is 12.1 Å². The van der Waals surface area contributed by atoms with Gasteiger partial charge in [0, 0.05) is 32.4 Å². The summed E-state index contributed by atoms with van der Waals surface area (Å²) in [6.07, 6.45) is 1.94. The molecule has 0 radical (unpaired) electrons. The van der Waals surface area contributed by atoms with Crippen molar-refractivity contribution in [3.05, 3.63) is 47.7 Å². The van der Waals surface area contributed by atoms with Crippen LogP contribution in [0.5, 0.6) is 11.5 Å². The molecule has 1 atom stereocenters. The van der Waals surface area contributed by atoms with Crippen molar-refractivity contribution in [2.24, 2.45) is 0 Å². The van der Waals surface area contributed by atoms with E-state index in [9.17, 15) is 0 Å². The zero-order chi connectivity index (χ0) is 16.9. The van der Waals surface area contributed by atoms with E-state index in [1.807, 2.05) is 19.3 Å². The number of pyridine rings is 1. The minimum atomic E-state index is 0.221. The van der Waals surface area contributed by atoms with Crippen LogP contribution in [0.1, 0.15) is 31.0 Å². The molecule has 5 nitrogen and oxygen atoms in total. The van der Waals surface area contributed by atoms with Gasteiger partial charge in [0.05, 0.1) is 0 Å². The van der Waals surface area contributed by atoms with Crippen LogP contribution in [0.3, 0.4) is 0 Å². The second-order valence-electron chi connectivity index (χ2n) is 6.04. The van der Waals surface area contributed by atoms with E-state index in [1.165, 1.54) is 11.1 Å². The SMILES string of the molecule is CCN(C)c1ccc(CN[C@H](C)c2ccc3c(c2)OCCO3)cn1. The number of nitrogens with one attached hydrogen (secondary N) is 1. The van der Waals surface area contributed by atoms with E-state index < -0.39 is 0 Å². The van der Waals surface area contributed by atoms with Crippen LogP contribution in [-0.4, -0.2) is 31.8 Å². The van der Waals surface area contributed by atoms with Gasteiger partial charge in [-0.25, -0.2) is 4.98 Å². The number of hydrogen-bond acceptors (Lipinski definition) is 5. The fourth-order valence-electron chi connectivity index (χ4n) is 2.63. The maximum atomic E-state index is 5.66. The Labute approximate surface area is 143 Å². The van der Waals surface area contributed by atoms with E-state index in [0.717, 1.165) is 30.4 Å². The summed E-state index contributed by atoms with van der Waals surface area (Å²) in [4.78, 5) is 6.63. The van der Waals surface area contributed by atoms with E-state index in [0.29, 0.717) is 13.2 Å². The lowest BCUT2D eigenvalue weighted by molar-refractivity contribution is 0.171. The van der Waals surface area contributed by atoms with Crippen molar-refractivity contribution in [2.45, 2.75) is 26.4 Å². The predicted molar refractivity (Wildman–Crippen MR) is 95.9 cm³/mol. The van der Waals surface area contributed by atoms with Crippen molar-refractivity contribution in [2.75, 3.05) is 31.7 Å². The minimum absolute atomic E-state index is 0.221. The fraction of sp³-hybridized carbons (Fsp3) is 0.421. The van der Waals surface area contributed by atoms with E-state index >= 15 is 0 Å². The molecule has 1 aromatic heterocycles. The van der Waals surface area contributed by atoms with Gasteiger partial charge in [-0.05, 0) is 43.2 Å². The molecule has 1 aromatic carbocycles. The average molecular weight is 327 g/mol. The average Bonchev–Trinajstić information content (AvgIpc) is 2.65. The lowest BCUT2D eigenvalue weighted by atomic mass is 10.1. The first-order valence-corrected chi connectivity index (χ1v) is 8.46. The Morgan fingerprint density at radius 3 is 2.67 bits per heavy atom. The first kappa shape index (κ1) is 16.6. The molecule has 0 saturated carbocycles. The van der Waals surface area contributed by atoms with Crippen molar-refractivity contribution in [1.82, 2.24) is 10.3 Å². The van der Waals surface area contributed by atoms with Crippen LogP contribution in [0.2, 0.25) is 0 Å². The quantitative estimate of drug-likeness (QED) is 0.883. The highest BCUT2D eigenvalue weighted by molar-refractivity contribution is 5.44. The summed E-state index contributed by atoms with van der Waals surface area (Å²) in [5, 5.41) is 3.53. The van der Waals surface area contributed by atoms with Gasteiger partial charge in [-0.3, -0.25) is 0 Å². The van der Waals surface area contributed by atoms with E-state index in [2.05, 4.69) is 53.3 Å². The van der Waals surface area contributed by atoms with E-state index in [4.69, 9.17) is 9.47 Å². The molecule has 5 heteroatoms. The van der Waals surface area contributed by atoms with Gasteiger partial charge in [0.1, 0.15) is 19.0 Å². The van der Waals surface area contributed by atoms with Gasteiger partial charge < -0.3 is 19.7 Å². The Hall–Kier alpha value is -2.27. The van der Waals surface area contributed by atoms with Crippen LogP contribution >= 0.6 is 0 Å². The summed E-state index contributed by atoms with van der Waals surface area (Å²) in [7, 11) is 2.05. The molecular weight excluding hydrogens is 302 g/mol. The maximum Gasteiger partial charge on any atom is 0.161 e. The highest BCUT2D eigenvalue weighted by Crippen LogP contribution is 2.32. The van der Waals surface area contributed by atoms with Gasteiger partial charge >= 0.3 is 0 Å². The van der Waals surface area contributed by atoms with Crippen molar-refractivity contribution in [1.29, 1.82) is 0 Å². The van der Waals surface area contributed by atoms with Crippen molar-refractivity contribution < 1.29 is 9.47 Å². The number of hydrogen-bond donors (Lipinski definition) is 1. The molecule has 3 rings (SSSR count). The van der Waals surface area contributed by atoms with Gasteiger partial charge in [0.15, 0.2) is 11.5 Å². The molecule has 0 fully saturated rings. The second-order valence-corrected chi connectivity index (χ2v) is 6.04. The first-order valence-electron chi connectivity index (χ1n) is 8.46. The Morgan fingerprint density at radius 1 is 1.17 bits per heavy atom. The van der Waals surface area contributed by atoms with Gasteiger partial charge in [-0.2, -0.15) is 0 Å². The zero-order valence-electron chi connectivity index (χ0n) is 14.6. The second kappa shape index (κ2) is 7.53. The smallest absolute Gasteiger partial charge is 0.161 e. The third kappa shape index (κ3) is 3.79. The standard InChI is InChI=1S/C19H25N3O2/c1-4-22(3)19-8-5-15(13-21-19)12-20-14(2)16-6-7-17-18(11-16)24-10-9-23-17/h5-8,11,13-14,20H,4,9-10,12H2,1-3H3/t14-/m1/s1. The third-order valence-corrected chi connectivity index (χ3v) is 4.35. The van der Waals surface area contributed by atoms with E-state index in [1.54, 1.807) is 0 Å². The van der Waals surface area contributed by atoms with Crippen molar-refractivity contribution >= 4 is 5.82 Å². The van der Waals surface area contributed by atoms with Gasteiger partial charge in [-0.15, -0.1) is 0 Å². The van der Waals surface area contributed by atoms with Crippen molar-refractivity contribution in [3.63, 3.8) is 0 Å². The van der Waals surface area contributed by atoms with Crippen molar-refractivity contribution in [3.8, 4) is 11.5 Å². The Kier molecular flexibility index (Phi) is 5.20. The van der Waals surface area contributed by atoms with Crippen LogP contribution in [0.25, 0.3) is 0 Å². The number of anilines is 1. The highest BCUT2D eigenvalue weighted by atomic mass is 16.6.